The molecule has 14 heavy (non-hydrogen) atoms. The molecule has 1 atom stereocenters. The van der Waals surface area contributed by atoms with Crippen LogP contribution in [0.3, 0.4) is 0 Å². The normalized spacial score (nSPS) is 14.5. The van der Waals surface area contributed by atoms with Crippen molar-refractivity contribution in [2.24, 2.45) is 10.7 Å². The fourth-order valence-electron chi connectivity index (χ4n) is 1.01. The molecule has 0 aliphatic heterocycles. The van der Waals surface area contributed by atoms with Gasteiger partial charge < -0.3 is 16.0 Å². The summed E-state index contributed by atoms with van der Waals surface area (Å²) >= 11 is 0. The number of aliphatic imine (C=N–C) groups is 1. The molecular formula is C10H22N4. The lowest BCUT2D eigenvalue weighted by molar-refractivity contribution is 0.453. The second kappa shape index (κ2) is 7.38. The van der Waals surface area contributed by atoms with E-state index in [0.29, 0.717) is 0 Å². The van der Waals surface area contributed by atoms with Crippen molar-refractivity contribution in [2.45, 2.75) is 26.3 Å². The lowest BCUT2D eigenvalue weighted by Crippen LogP contribution is -2.38. The highest BCUT2D eigenvalue weighted by Gasteiger charge is 2.04. The minimum absolute atomic E-state index is 0.234. The average molecular weight is 198 g/mol. The Labute approximate surface area is 86.9 Å². The molecule has 0 aromatic rings. The number of hydrogen-bond acceptors (Lipinski definition) is 2. The minimum atomic E-state index is 0.234. The van der Waals surface area contributed by atoms with Gasteiger partial charge in [0.05, 0.1) is 0 Å². The van der Waals surface area contributed by atoms with Gasteiger partial charge in [-0.25, -0.2) is 0 Å². The molecule has 82 valence electrons. The summed E-state index contributed by atoms with van der Waals surface area (Å²) in [5.41, 5.74) is 5.68. The highest BCUT2D eigenvalue weighted by atomic mass is 15.3. The maximum Gasteiger partial charge on any atom is 0.197 e. The molecule has 0 saturated heterocycles. The summed E-state index contributed by atoms with van der Waals surface area (Å²) in [6.07, 6.45) is 4.77. The van der Waals surface area contributed by atoms with Gasteiger partial charge in [-0.05, 0) is 26.5 Å². The molecule has 0 aliphatic carbocycles. The standard InChI is InChI=1S/C10H22N4/c1-5-7-13-10(12-3)14(4)8-6-9(2)11/h5,7,9H,6,8,11H2,1-4H3,(H,12,13)/b7-5+. The van der Waals surface area contributed by atoms with Crippen molar-refractivity contribution in [2.75, 3.05) is 20.6 Å². The summed E-state index contributed by atoms with van der Waals surface area (Å²) in [5.74, 6) is 0.865. The van der Waals surface area contributed by atoms with Crippen LogP contribution in [0.2, 0.25) is 0 Å². The van der Waals surface area contributed by atoms with E-state index in [1.54, 1.807) is 7.05 Å². The lowest BCUT2D eigenvalue weighted by Gasteiger charge is -2.21. The first-order valence-electron chi connectivity index (χ1n) is 4.93. The summed E-state index contributed by atoms with van der Waals surface area (Å²) < 4.78 is 0. The van der Waals surface area contributed by atoms with Crippen molar-refractivity contribution in [1.29, 1.82) is 0 Å². The van der Waals surface area contributed by atoms with E-state index < -0.39 is 0 Å². The monoisotopic (exact) mass is 198 g/mol. The van der Waals surface area contributed by atoms with Gasteiger partial charge in [-0.15, -0.1) is 0 Å². The third-order valence-electron chi connectivity index (χ3n) is 1.87. The van der Waals surface area contributed by atoms with Crippen LogP contribution in [0.1, 0.15) is 20.3 Å². The van der Waals surface area contributed by atoms with Crippen molar-refractivity contribution in [1.82, 2.24) is 10.2 Å². The molecule has 0 bridgehead atoms. The van der Waals surface area contributed by atoms with Crippen molar-refractivity contribution >= 4 is 5.96 Å². The fraction of sp³-hybridized carbons (Fsp3) is 0.700. The molecule has 0 aromatic carbocycles. The van der Waals surface area contributed by atoms with Gasteiger partial charge in [0.1, 0.15) is 0 Å². The Morgan fingerprint density at radius 2 is 2.29 bits per heavy atom. The first kappa shape index (κ1) is 13.0. The molecule has 4 nitrogen and oxygen atoms in total. The molecule has 0 saturated carbocycles. The van der Waals surface area contributed by atoms with Gasteiger partial charge in [-0.1, -0.05) is 6.08 Å². The average Bonchev–Trinajstić information content (AvgIpc) is 2.16. The minimum Gasteiger partial charge on any atom is -0.346 e. The summed E-state index contributed by atoms with van der Waals surface area (Å²) in [6.45, 7) is 4.88. The van der Waals surface area contributed by atoms with Gasteiger partial charge in [-0.3, -0.25) is 4.99 Å². The number of rotatable bonds is 4. The zero-order chi connectivity index (χ0) is 11.0. The zero-order valence-electron chi connectivity index (χ0n) is 9.62. The Kier molecular flexibility index (Phi) is 6.84. The van der Waals surface area contributed by atoms with Gasteiger partial charge in [0, 0.05) is 26.7 Å². The van der Waals surface area contributed by atoms with Crippen LogP contribution in [-0.2, 0) is 0 Å². The Morgan fingerprint density at radius 3 is 2.71 bits per heavy atom. The molecule has 0 aromatic heterocycles. The quantitative estimate of drug-likeness (QED) is 0.518. The van der Waals surface area contributed by atoms with E-state index in [9.17, 15) is 0 Å². The first-order valence-corrected chi connectivity index (χ1v) is 4.93. The van der Waals surface area contributed by atoms with E-state index in [2.05, 4.69) is 15.2 Å². The van der Waals surface area contributed by atoms with Crippen molar-refractivity contribution in [3.05, 3.63) is 12.3 Å². The molecule has 1 unspecified atom stereocenters. The number of guanidine groups is 1. The Hall–Kier alpha value is -1.03. The van der Waals surface area contributed by atoms with Gasteiger partial charge in [0.15, 0.2) is 5.96 Å². The Balaban J connectivity index is 3.99. The lowest BCUT2D eigenvalue weighted by atomic mass is 10.2. The molecule has 0 aliphatic rings. The molecule has 0 spiro atoms. The topological polar surface area (TPSA) is 53.7 Å². The summed E-state index contributed by atoms with van der Waals surface area (Å²) in [5, 5.41) is 3.10. The van der Waals surface area contributed by atoms with Gasteiger partial charge in [0.25, 0.3) is 0 Å². The number of allylic oxidation sites excluding steroid dienone is 1. The van der Waals surface area contributed by atoms with Crippen LogP contribution in [-0.4, -0.2) is 37.5 Å². The van der Waals surface area contributed by atoms with Gasteiger partial charge in [-0.2, -0.15) is 0 Å². The van der Waals surface area contributed by atoms with Crippen LogP contribution >= 0.6 is 0 Å². The van der Waals surface area contributed by atoms with Crippen LogP contribution in [0, 0.1) is 0 Å². The van der Waals surface area contributed by atoms with E-state index >= 15 is 0 Å². The van der Waals surface area contributed by atoms with Crippen molar-refractivity contribution in [3.63, 3.8) is 0 Å². The second-order valence-corrected chi connectivity index (χ2v) is 3.38. The fourth-order valence-corrected chi connectivity index (χ4v) is 1.01. The molecule has 0 heterocycles. The van der Waals surface area contributed by atoms with Crippen LogP contribution in [0.4, 0.5) is 0 Å². The van der Waals surface area contributed by atoms with Crippen molar-refractivity contribution < 1.29 is 0 Å². The van der Waals surface area contributed by atoms with E-state index in [1.165, 1.54) is 0 Å². The molecule has 0 amide bonds. The zero-order valence-corrected chi connectivity index (χ0v) is 9.62. The molecule has 0 radical (unpaired) electrons. The molecule has 3 N–H and O–H groups in total. The van der Waals surface area contributed by atoms with E-state index in [4.69, 9.17) is 5.73 Å². The number of nitrogens with zero attached hydrogens (tertiary/aromatic N) is 2. The van der Waals surface area contributed by atoms with E-state index in [-0.39, 0.29) is 6.04 Å². The highest BCUT2D eigenvalue weighted by molar-refractivity contribution is 5.80. The smallest absolute Gasteiger partial charge is 0.197 e. The maximum absolute atomic E-state index is 5.68. The van der Waals surface area contributed by atoms with Crippen LogP contribution in [0.5, 0.6) is 0 Å². The third kappa shape index (κ3) is 5.59. The molecule has 0 fully saturated rings. The third-order valence-corrected chi connectivity index (χ3v) is 1.87. The predicted molar refractivity (Wildman–Crippen MR) is 62.2 cm³/mol. The Morgan fingerprint density at radius 1 is 1.64 bits per heavy atom. The van der Waals surface area contributed by atoms with E-state index in [0.717, 1.165) is 18.9 Å². The summed E-state index contributed by atoms with van der Waals surface area (Å²) in [4.78, 5) is 6.20. The first-order chi connectivity index (χ1) is 6.61. The molecule has 0 rings (SSSR count). The van der Waals surface area contributed by atoms with E-state index in [1.807, 2.05) is 33.2 Å². The van der Waals surface area contributed by atoms with Gasteiger partial charge >= 0.3 is 0 Å². The predicted octanol–water partition coefficient (Wildman–Crippen LogP) is 0.765. The highest BCUT2D eigenvalue weighted by Crippen LogP contribution is 1.92. The molecular weight excluding hydrogens is 176 g/mol. The van der Waals surface area contributed by atoms with Crippen LogP contribution in [0.25, 0.3) is 0 Å². The second-order valence-electron chi connectivity index (χ2n) is 3.38. The van der Waals surface area contributed by atoms with Crippen molar-refractivity contribution in [3.8, 4) is 0 Å². The Bertz CT molecular complexity index is 196. The SMILES string of the molecule is C/C=C/NC(=NC)N(C)CCC(C)N. The van der Waals surface area contributed by atoms with Crippen LogP contribution < -0.4 is 11.1 Å². The maximum atomic E-state index is 5.68. The largest absolute Gasteiger partial charge is 0.346 e. The summed E-state index contributed by atoms with van der Waals surface area (Å²) in [7, 11) is 3.77. The van der Waals surface area contributed by atoms with Gasteiger partial charge in [0.2, 0.25) is 0 Å². The number of nitrogens with two attached hydrogens (primary N) is 1. The number of hydrogen-bond donors (Lipinski definition) is 2. The van der Waals surface area contributed by atoms with Crippen LogP contribution in [0.15, 0.2) is 17.3 Å². The molecule has 4 heteroatoms. The number of nitrogens with one attached hydrogen (secondary N) is 1. The summed E-state index contributed by atoms with van der Waals surface area (Å²) in [6, 6.07) is 0.234.